The van der Waals surface area contributed by atoms with Crippen LogP contribution in [0.5, 0.6) is 0 Å². The van der Waals surface area contributed by atoms with E-state index in [1.807, 2.05) is 6.92 Å². The summed E-state index contributed by atoms with van der Waals surface area (Å²) < 4.78 is 0. The number of carbonyl (C=O) groups is 1. The zero-order valence-electron chi connectivity index (χ0n) is 11.2. The summed E-state index contributed by atoms with van der Waals surface area (Å²) in [4.78, 5) is 21.9. The smallest absolute Gasteiger partial charge is 0.294 e. The number of rotatable bonds is 5. The molecule has 1 aliphatic rings. The lowest BCUT2D eigenvalue weighted by atomic mass is 10.0. The Hall–Kier alpha value is -2.15. The Labute approximate surface area is 116 Å². The number of aliphatic hydroxyl groups is 1. The SMILES string of the molecule is CCC(O)CNc1cc2c(cc1[N+](=O)[O-])NC(=O)CC2. The minimum absolute atomic E-state index is 0.103. The predicted molar refractivity (Wildman–Crippen MR) is 74.8 cm³/mol. The van der Waals surface area contributed by atoms with Crippen molar-refractivity contribution in [1.82, 2.24) is 0 Å². The summed E-state index contributed by atoms with van der Waals surface area (Å²) >= 11 is 0. The van der Waals surface area contributed by atoms with Gasteiger partial charge in [0, 0.05) is 19.0 Å². The molecule has 0 spiro atoms. The van der Waals surface area contributed by atoms with E-state index in [1.165, 1.54) is 6.07 Å². The van der Waals surface area contributed by atoms with Gasteiger partial charge in [-0.25, -0.2) is 0 Å². The highest BCUT2D eigenvalue weighted by molar-refractivity contribution is 5.95. The molecule has 1 amide bonds. The van der Waals surface area contributed by atoms with Crippen LogP contribution in [-0.4, -0.2) is 28.6 Å². The van der Waals surface area contributed by atoms with Crippen molar-refractivity contribution in [2.24, 2.45) is 0 Å². The molecule has 2 rings (SSSR count). The van der Waals surface area contributed by atoms with Gasteiger partial charge in [-0.2, -0.15) is 0 Å². The number of aliphatic hydroxyl groups excluding tert-OH is 1. The van der Waals surface area contributed by atoms with Crippen LogP contribution in [0.3, 0.4) is 0 Å². The average Bonchev–Trinajstić information content (AvgIpc) is 2.43. The Kier molecular flexibility index (Phi) is 4.19. The van der Waals surface area contributed by atoms with E-state index >= 15 is 0 Å². The zero-order valence-corrected chi connectivity index (χ0v) is 11.2. The molecule has 0 bridgehead atoms. The summed E-state index contributed by atoms with van der Waals surface area (Å²) in [5, 5.41) is 26.2. The normalized spacial score (nSPS) is 15.2. The van der Waals surface area contributed by atoms with Crippen molar-refractivity contribution >= 4 is 23.0 Å². The third kappa shape index (κ3) is 3.05. The van der Waals surface area contributed by atoms with E-state index in [1.54, 1.807) is 6.07 Å². The number of hydrogen-bond acceptors (Lipinski definition) is 5. The molecular weight excluding hydrogens is 262 g/mol. The largest absolute Gasteiger partial charge is 0.391 e. The van der Waals surface area contributed by atoms with Crippen molar-refractivity contribution in [3.63, 3.8) is 0 Å². The van der Waals surface area contributed by atoms with Gasteiger partial charge in [-0.1, -0.05) is 6.92 Å². The van der Waals surface area contributed by atoms with Gasteiger partial charge in [-0.3, -0.25) is 14.9 Å². The van der Waals surface area contributed by atoms with E-state index in [4.69, 9.17) is 0 Å². The summed E-state index contributed by atoms with van der Waals surface area (Å²) in [6.07, 6.45) is 0.957. The van der Waals surface area contributed by atoms with Crippen molar-refractivity contribution in [3.05, 3.63) is 27.8 Å². The number of anilines is 2. The second-order valence-electron chi connectivity index (χ2n) is 4.77. The van der Waals surface area contributed by atoms with Gasteiger partial charge in [0.1, 0.15) is 5.69 Å². The molecule has 108 valence electrons. The van der Waals surface area contributed by atoms with Crippen molar-refractivity contribution in [2.45, 2.75) is 32.3 Å². The first kappa shape index (κ1) is 14.3. The van der Waals surface area contributed by atoms with E-state index in [2.05, 4.69) is 10.6 Å². The molecule has 1 aromatic carbocycles. The number of amides is 1. The highest BCUT2D eigenvalue weighted by Crippen LogP contribution is 2.34. The minimum atomic E-state index is -0.551. The Balaban J connectivity index is 2.30. The van der Waals surface area contributed by atoms with Crippen LogP contribution in [0, 0.1) is 10.1 Å². The molecule has 1 heterocycles. The van der Waals surface area contributed by atoms with Crippen LogP contribution < -0.4 is 10.6 Å². The van der Waals surface area contributed by atoms with Crippen LogP contribution in [0.2, 0.25) is 0 Å². The van der Waals surface area contributed by atoms with E-state index in [0.29, 0.717) is 30.6 Å². The Morgan fingerprint density at radius 1 is 1.50 bits per heavy atom. The van der Waals surface area contributed by atoms with Gasteiger partial charge in [-0.05, 0) is 24.5 Å². The third-order valence-electron chi connectivity index (χ3n) is 3.31. The number of nitro groups is 1. The first-order valence-electron chi connectivity index (χ1n) is 6.54. The number of hydrogen-bond donors (Lipinski definition) is 3. The van der Waals surface area contributed by atoms with Crippen molar-refractivity contribution in [2.75, 3.05) is 17.2 Å². The topological polar surface area (TPSA) is 104 Å². The third-order valence-corrected chi connectivity index (χ3v) is 3.31. The van der Waals surface area contributed by atoms with Gasteiger partial charge in [0.05, 0.1) is 16.7 Å². The number of carbonyl (C=O) groups excluding carboxylic acids is 1. The molecule has 0 aliphatic carbocycles. The van der Waals surface area contributed by atoms with E-state index < -0.39 is 11.0 Å². The maximum atomic E-state index is 11.3. The minimum Gasteiger partial charge on any atom is -0.391 e. The Bertz CT molecular complexity index is 545. The number of nitrogens with one attached hydrogen (secondary N) is 2. The lowest BCUT2D eigenvalue weighted by Crippen LogP contribution is -2.21. The monoisotopic (exact) mass is 279 g/mol. The van der Waals surface area contributed by atoms with E-state index in [9.17, 15) is 20.0 Å². The number of aryl methyl sites for hydroxylation is 1. The summed E-state index contributed by atoms with van der Waals surface area (Å²) in [7, 11) is 0. The molecule has 7 nitrogen and oxygen atoms in total. The van der Waals surface area contributed by atoms with E-state index in [0.717, 1.165) is 5.56 Å². The number of benzene rings is 1. The van der Waals surface area contributed by atoms with Crippen LogP contribution >= 0.6 is 0 Å². The molecular formula is C13H17N3O4. The van der Waals surface area contributed by atoms with Crippen LogP contribution in [-0.2, 0) is 11.2 Å². The molecule has 0 saturated heterocycles. The quantitative estimate of drug-likeness (QED) is 0.561. The molecule has 1 atom stereocenters. The standard InChI is InChI=1S/C13H17N3O4/c1-2-9(17)7-14-11-5-8-3-4-13(18)15-10(8)6-12(11)16(19)20/h5-6,9,14,17H,2-4,7H2,1H3,(H,15,18). The number of nitro benzene ring substituents is 1. The highest BCUT2D eigenvalue weighted by atomic mass is 16.6. The maximum absolute atomic E-state index is 11.3. The highest BCUT2D eigenvalue weighted by Gasteiger charge is 2.22. The molecule has 0 aromatic heterocycles. The number of fused-ring (bicyclic) bond motifs is 1. The Morgan fingerprint density at radius 3 is 2.90 bits per heavy atom. The molecule has 1 aliphatic heterocycles. The second-order valence-corrected chi connectivity index (χ2v) is 4.77. The molecule has 0 fully saturated rings. The second kappa shape index (κ2) is 5.87. The first-order chi connectivity index (χ1) is 9.51. The summed E-state index contributed by atoms with van der Waals surface area (Å²) in [6, 6.07) is 3.04. The zero-order chi connectivity index (χ0) is 14.7. The Morgan fingerprint density at radius 2 is 2.25 bits per heavy atom. The van der Waals surface area contributed by atoms with Crippen molar-refractivity contribution in [1.29, 1.82) is 0 Å². The van der Waals surface area contributed by atoms with Crippen LogP contribution in [0.4, 0.5) is 17.1 Å². The summed E-state index contributed by atoms with van der Waals surface area (Å²) in [5.74, 6) is -0.131. The van der Waals surface area contributed by atoms with Gasteiger partial charge in [0.2, 0.25) is 5.91 Å². The predicted octanol–water partition coefficient (Wildman–Crippen LogP) is 1.66. The van der Waals surface area contributed by atoms with Gasteiger partial charge < -0.3 is 15.7 Å². The molecule has 0 radical (unpaired) electrons. The van der Waals surface area contributed by atoms with Crippen molar-refractivity contribution < 1.29 is 14.8 Å². The molecule has 1 unspecified atom stereocenters. The van der Waals surface area contributed by atoms with Gasteiger partial charge in [-0.15, -0.1) is 0 Å². The molecule has 7 heteroatoms. The lowest BCUT2D eigenvalue weighted by Gasteiger charge is -2.19. The summed E-state index contributed by atoms with van der Waals surface area (Å²) in [6.45, 7) is 2.09. The van der Waals surface area contributed by atoms with Gasteiger partial charge in [0.15, 0.2) is 0 Å². The average molecular weight is 279 g/mol. The van der Waals surface area contributed by atoms with E-state index in [-0.39, 0.29) is 18.1 Å². The fraction of sp³-hybridized carbons (Fsp3) is 0.462. The van der Waals surface area contributed by atoms with Crippen LogP contribution in [0.25, 0.3) is 0 Å². The molecule has 20 heavy (non-hydrogen) atoms. The van der Waals surface area contributed by atoms with Crippen LogP contribution in [0.15, 0.2) is 12.1 Å². The molecule has 1 aromatic rings. The van der Waals surface area contributed by atoms with Crippen molar-refractivity contribution in [3.8, 4) is 0 Å². The maximum Gasteiger partial charge on any atom is 0.294 e. The fourth-order valence-corrected chi connectivity index (χ4v) is 2.08. The molecule has 3 N–H and O–H groups in total. The van der Waals surface area contributed by atoms with Gasteiger partial charge >= 0.3 is 0 Å². The first-order valence-corrected chi connectivity index (χ1v) is 6.54. The lowest BCUT2D eigenvalue weighted by molar-refractivity contribution is -0.383. The number of nitrogens with zero attached hydrogens (tertiary/aromatic N) is 1. The molecule has 0 saturated carbocycles. The van der Waals surface area contributed by atoms with Gasteiger partial charge in [0.25, 0.3) is 5.69 Å². The summed E-state index contributed by atoms with van der Waals surface area (Å²) in [5.41, 5.74) is 1.63. The van der Waals surface area contributed by atoms with Crippen LogP contribution in [0.1, 0.15) is 25.3 Å². The fourth-order valence-electron chi connectivity index (χ4n) is 2.08.